The lowest BCUT2D eigenvalue weighted by Crippen LogP contribution is -2.17. The van der Waals surface area contributed by atoms with Gasteiger partial charge in [0.25, 0.3) is 5.91 Å². The van der Waals surface area contributed by atoms with E-state index in [1.807, 2.05) is 13.0 Å². The summed E-state index contributed by atoms with van der Waals surface area (Å²) in [6.07, 6.45) is 2.94. The molecule has 152 valence electrons. The molecule has 7 nitrogen and oxygen atoms in total. The lowest BCUT2D eigenvalue weighted by Gasteiger charge is -2.10. The fourth-order valence-corrected chi connectivity index (χ4v) is 2.85. The summed E-state index contributed by atoms with van der Waals surface area (Å²) in [5, 5.41) is 3.94. The van der Waals surface area contributed by atoms with Crippen LogP contribution in [0, 0.1) is 6.92 Å². The van der Waals surface area contributed by atoms with Crippen LogP contribution in [0.2, 0.25) is 0 Å². The van der Waals surface area contributed by atoms with Crippen LogP contribution in [0.1, 0.15) is 32.0 Å². The predicted molar refractivity (Wildman–Crippen MR) is 116 cm³/mol. The zero-order chi connectivity index (χ0) is 21.5. The van der Waals surface area contributed by atoms with Gasteiger partial charge in [0.05, 0.1) is 24.5 Å². The Bertz CT molecular complexity index is 1100. The van der Waals surface area contributed by atoms with Gasteiger partial charge in [0.1, 0.15) is 0 Å². The molecule has 1 amide bonds. The third kappa shape index (κ3) is 5.51. The minimum atomic E-state index is -0.505. The van der Waals surface area contributed by atoms with Gasteiger partial charge in [-0.1, -0.05) is 22.0 Å². The Morgan fingerprint density at radius 2 is 1.90 bits per heavy atom. The highest BCUT2D eigenvalue weighted by Gasteiger charge is 2.13. The molecule has 0 aliphatic heterocycles. The molecular weight excluding hydrogens is 450 g/mol. The molecule has 0 saturated carbocycles. The standard InChI is InChI=1S/C22H18BrN3O4/c1-14-6-8-17(13-24-14)21(27)26-25-12-15-7-9-19(20(10-15)29-2)30-22(28)16-4-3-5-18(23)11-16/h3-13H,1-2H3,(H,26,27). The number of carbonyl (C=O) groups is 2. The van der Waals surface area contributed by atoms with E-state index < -0.39 is 5.97 Å². The van der Waals surface area contributed by atoms with Crippen molar-refractivity contribution in [2.45, 2.75) is 6.92 Å². The van der Waals surface area contributed by atoms with Crippen molar-refractivity contribution in [2.24, 2.45) is 5.10 Å². The number of methoxy groups -OCH3 is 1. The molecule has 0 spiro atoms. The van der Waals surface area contributed by atoms with E-state index in [9.17, 15) is 9.59 Å². The normalized spacial score (nSPS) is 10.6. The summed E-state index contributed by atoms with van der Waals surface area (Å²) in [5.74, 6) is -0.244. The number of amides is 1. The first kappa shape index (κ1) is 21.2. The maximum absolute atomic E-state index is 12.3. The van der Waals surface area contributed by atoms with Crippen LogP contribution in [0.25, 0.3) is 0 Å². The number of halogens is 1. The van der Waals surface area contributed by atoms with E-state index in [4.69, 9.17) is 9.47 Å². The lowest BCUT2D eigenvalue weighted by atomic mass is 10.2. The van der Waals surface area contributed by atoms with Crippen molar-refractivity contribution >= 4 is 34.0 Å². The number of aryl methyl sites for hydroxylation is 1. The molecule has 0 unspecified atom stereocenters. The molecule has 2 aromatic carbocycles. The van der Waals surface area contributed by atoms with Crippen molar-refractivity contribution in [1.82, 2.24) is 10.4 Å². The molecule has 1 N–H and O–H groups in total. The fourth-order valence-electron chi connectivity index (χ4n) is 2.46. The van der Waals surface area contributed by atoms with Crippen LogP contribution in [-0.4, -0.2) is 30.2 Å². The number of nitrogens with zero attached hydrogens (tertiary/aromatic N) is 2. The van der Waals surface area contributed by atoms with E-state index in [1.54, 1.807) is 48.5 Å². The molecule has 0 atom stereocenters. The van der Waals surface area contributed by atoms with Crippen molar-refractivity contribution in [3.05, 3.63) is 87.7 Å². The monoisotopic (exact) mass is 467 g/mol. The van der Waals surface area contributed by atoms with Gasteiger partial charge in [-0.25, -0.2) is 10.2 Å². The second kappa shape index (κ2) is 9.80. The number of benzene rings is 2. The van der Waals surface area contributed by atoms with Gasteiger partial charge in [-0.2, -0.15) is 5.10 Å². The molecule has 1 heterocycles. The Morgan fingerprint density at radius 3 is 2.60 bits per heavy atom. The molecule has 1 aromatic heterocycles. The number of esters is 1. The molecule has 0 saturated heterocycles. The quantitative estimate of drug-likeness (QED) is 0.254. The van der Waals surface area contributed by atoms with Crippen molar-refractivity contribution < 1.29 is 19.1 Å². The number of carbonyl (C=O) groups excluding carboxylic acids is 2. The van der Waals surface area contributed by atoms with Gasteiger partial charge in [0.2, 0.25) is 0 Å². The number of nitrogens with one attached hydrogen (secondary N) is 1. The molecule has 8 heteroatoms. The first-order chi connectivity index (χ1) is 14.5. The van der Waals surface area contributed by atoms with Gasteiger partial charge < -0.3 is 9.47 Å². The zero-order valence-electron chi connectivity index (χ0n) is 16.3. The van der Waals surface area contributed by atoms with Gasteiger partial charge in [0, 0.05) is 16.4 Å². The molecule has 0 aliphatic carbocycles. The highest BCUT2D eigenvalue weighted by atomic mass is 79.9. The summed E-state index contributed by atoms with van der Waals surface area (Å²) < 4.78 is 11.5. The van der Waals surface area contributed by atoms with E-state index in [1.165, 1.54) is 19.5 Å². The Kier molecular flexibility index (Phi) is 6.92. The van der Waals surface area contributed by atoms with Gasteiger partial charge >= 0.3 is 5.97 Å². The summed E-state index contributed by atoms with van der Waals surface area (Å²) >= 11 is 3.33. The third-order valence-electron chi connectivity index (χ3n) is 4.00. The molecule has 0 fully saturated rings. The maximum Gasteiger partial charge on any atom is 0.343 e. The van der Waals surface area contributed by atoms with Crippen LogP contribution >= 0.6 is 15.9 Å². The molecule has 3 rings (SSSR count). The number of rotatable bonds is 6. The highest BCUT2D eigenvalue weighted by Crippen LogP contribution is 2.28. The van der Waals surface area contributed by atoms with E-state index in [2.05, 4.69) is 31.4 Å². The number of hydrazone groups is 1. The van der Waals surface area contributed by atoms with E-state index >= 15 is 0 Å². The van der Waals surface area contributed by atoms with Crippen LogP contribution in [-0.2, 0) is 0 Å². The second-order valence-corrected chi connectivity index (χ2v) is 7.11. The number of hydrogen-bond acceptors (Lipinski definition) is 6. The Labute approximate surface area is 181 Å². The van der Waals surface area contributed by atoms with Gasteiger partial charge in [0.15, 0.2) is 11.5 Å². The fraction of sp³-hybridized carbons (Fsp3) is 0.0909. The summed E-state index contributed by atoms with van der Waals surface area (Å²) in [6.45, 7) is 1.84. The number of pyridine rings is 1. The van der Waals surface area contributed by atoms with E-state index in [-0.39, 0.29) is 11.7 Å². The SMILES string of the molecule is COc1cc(C=NNC(=O)c2ccc(C)nc2)ccc1OC(=O)c1cccc(Br)c1. The number of hydrogen-bond donors (Lipinski definition) is 1. The molecule has 30 heavy (non-hydrogen) atoms. The Balaban J connectivity index is 1.67. The van der Waals surface area contributed by atoms with Gasteiger partial charge in [-0.15, -0.1) is 0 Å². The van der Waals surface area contributed by atoms with Crippen LogP contribution < -0.4 is 14.9 Å². The smallest absolute Gasteiger partial charge is 0.343 e. The van der Waals surface area contributed by atoms with E-state index in [0.717, 1.165) is 10.2 Å². The molecule has 3 aromatic rings. The van der Waals surface area contributed by atoms with Crippen LogP contribution in [0.3, 0.4) is 0 Å². The van der Waals surface area contributed by atoms with Crippen LogP contribution in [0.4, 0.5) is 0 Å². The average Bonchev–Trinajstić information content (AvgIpc) is 2.75. The average molecular weight is 468 g/mol. The topological polar surface area (TPSA) is 89.9 Å². The Hall–Kier alpha value is -3.52. The molecule has 0 bridgehead atoms. The summed E-state index contributed by atoms with van der Waals surface area (Å²) in [6, 6.07) is 15.2. The summed E-state index contributed by atoms with van der Waals surface area (Å²) in [5.41, 5.74) is 4.72. The number of ether oxygens (including phenoxy) is 2. The first-order valence-corrected chi connectivity index (χ1v) is 9.67. The first-order valence-electron chi connectivity index (χ1n) is 8.88. The van der Waals surface area contributed by atoms with Crippen LogP contribution in [0.5, 0.6) is 11.5 Å². The maximum atomic E-state index is 12.3. The Morgan fingerprint density at radius 1 is 1.07 bits per heavy atom. The summed E-state index contributed by atoms with van der Waals surface area (Å²) in [7, 11) is 1.47. The van der Waals surface area contributed by atoms with E-state index in [0.29, 0.717) is 22.4 Å². The zero-order valence-corrected chi connectivity index (χ0v) is 17.8. The van der Waals surface area contributed by atoms with Gasteiger partial charge in [-0.05, 0) is 61.0 Å². The molecule has 0 aliphatic rings. The van der Waals surface area contributed by atoms with Crippen molar-refractivity contribution in [3.63, 3.8) is 0 Å². The van der Waals surface area contributed by atoms with Crippen molar-refractivity contribution in [3.8, 4) is 11.5 Å². The van der Waals surface area contributed by atoms with Crippen molar-refractivity contribution in [2.75, 3.05) is 7.11 Å². The minimum absolute atomic E-state index is 0.273. The predicted octanol–water partition coefficient (Wildman–Crippen LogP) is 4.14. The van der Waals surface area contributed by atoms with Crippen molar-refractivity contribution in [1.29, 1.82) is 0 Å². The molecule has 0 radical (unpaired) electrons. The second-order valence-electron chi connectivity index (χ2n) is 6.20. The minimum Gasteiger partial charge on any atom is -0.493 e. The lowest BCUT2D eigenvalue weighted by molar-refractivity contribution is 0.0729. The third-order valence-corrected chi connectivity index (χ3v) is 4.50. The largest absolute Gasteiger partial charge is 0.493 e. The summed E-state index contributed by atoms with van der Waals surface area (Å²) in [4.78, 5) is 28.5. The number of aromatic nitrogens is 1. The van der Waals surface area contributed by atoms with Crippen LogP contribution in [0.15, 0.2) is 70.4 Å². The highest BCUT2D eigenvalue weighted by molar-refractivity contribution is 9.10. The van der Waals surface area contributed by atoms with Gasteiger partial charge in [-0.3, -0.25) is 9.78 Å². The molecular formula is C22H18BrN3O4.